The molecule has 0 aliphatic heterocycles. The summed E-state index contributed by atoms with van der Waals surface area (Å²) in [5.41, 5.74) is -0.909. The lowest BCUT2D eigenvalue weighted by Gasteiger charge is -2.18. The molecule has 0 radical (unpaired) electrons. The van der Waals surface area contributed by atoms with E-state index in [4.69, 9.17) is 4.74 Å². The molecule has 0 aromatic heterocycles. The number of rotatable bonds is 8. The van der Waals surface area contributed by atoms with E-state index in [-0.39, 0.29) is 5.69 Å². The van der Waals surface area contributed by atoms with Crippen molar-refractivity contribution in [2.24, 2.45) is 0 Å². The SMILES string of the molecule is CCc1ccc(C(=O)C(C)OC(=O)C(C)Nc2ccc(C(F)(F)F)cc2[N+](=O)[O-])cc1. The summed E-state index contributed by atoms with van der Waals surface area (Å²) in [4.78, 5) is 34.9. The van der Waals surface area contributed by atoms with Crippen LogP contribution in [0.15, 0.2) is 42.5 Å². The second-order valence-corrected chi connectivity index (χ2v) is 6.85. The number of ketones is 1. The average molecular weight is 438 g/mol. The highest BCUT2D eigenvalue weighted by atomic mass is 19.4. The van der Waals surface area contributed by atoms with E-state index in [9.17, 15) is 32.9 Å². The van der Waals surface area contributed by atoms with Crippen molar-refractivity contribution < 1.29 is 32.4 Å². The van der Waals surface area contributed by atoms with Gasteiger partial charge in [0.1, 0.15) is 11.7 Å². The van der Waals surface area contributed by atoms with Crippen molar-refractivity contribution in [2.45, 2.75) is 45.5 Å². The molecule has 0 bridgehead atoms. The number of benzene rings is 2. The molecule has 1 N–H and O–H groups in total. The minimum absolute atomic E-state index is 0.281. The van der Waals surface area contributed by atoms with E-state index in [1.54, 1.807) is 24.3 Å². The number of aryl methyl sites for hydroxylation is 1. The van der Waals surface area contributed by atoms with Gasteiger partial charge in [-0.25, -0.2) is 4.79 Å². The van der Waals surface area contributed by atoms with Crippen LogP contribution in [0.3, 0.4) is 0 Å². The second kappa shape index (κ2) is 9.59. The standard InChI is InChI=1S/C21H21F3N2O5/c1-4-14-5-7-15(8-6-14)19(27)13(3)31-20(28)12(2)25-17-10-9-16(21(22,23)24)11-18(17)26(29)30/h5-13,25H,4H2,1-3H3. The van der Waals surface area contributed by atoms with E-state index in [0.717, 1.165) is 18.1 Å². The minimum atomic E-state index is -4.75. The number of ether oxygens (including phenoxy) is 1. The van der Waals surface area contributed by atoms with Crippen LogP contribution < -0.4 is 5.32 Å². The quantitative estimate of drug-likeness (QED) is 0.275. The molecule has 0 fully saturated rings. The van der Waals surface area contributed by atoms with Crippen molar-refractivity contribution in [2.75, 3.05) is 5.32 Å². The summed E-state index contributed by atoms with van der Waals surface area (Å²) in [7, 11) is 0. The summed E-state index contributed by atoms with van der Waals surface area (Å²) in [6.45, 7) is 4.68. The molecule has 2 unspecified atom stereocenters. The van der Waals surface area contributed by atoms with Crippen LogP contribution in [0.5, 0.6) is 0 Å². The first-order chi connectivity index (χ1) is 14.4. The predicted octanol–water partition coefficient (Wildman–Crippen LogP) is 4.79. The Hall–Kier alpha value is -3.43. The Morgan fingerprint density at radius 1 is 1.13 bits per heavy atom. The van der Waals surface area contributed by atoms with Gasteiger partial charge in [-0.3, -0.25) is 14.9 Å². The number of anilines is 1. The number of nitro groups is 1. The maximum atomic E-state index is 12.8. The lowest BCUT2D eigenvalue weighted by Crippen LogP contribution is -2.34. The zero-order chi connectivity index (χ0) is 23.3. The number of alkyl halides is 3. The molecule has 0 saturated heterocycles. The number of nitrogens with zero attached hydrogens (tertiary/aromatic N) is 1. The Bertz CT molecular complexity index is 974. The highest BCUT2D eigenvalue weighted by Crippen LogP contribution is 2.35. The molecule has 0 aliphatic rings. The van der Waals surface area contributed by atoms with Crippen LogP contribution in [0, 0.1) is 10.1 Å². The van der Waals surface area contributed by atoms with Crippen LogP contribution in [0.25, 0.3) is 0 Å². The molecule has 2 aromatic carbocycles. The summed E-state index contributed by atoms with van der Waals surface area (Å²) in [6.07, 6.45) is -5.07. The van der Waals surface area contributed by atoms with Crippen LogP contribution in [-0.2, 0) is 22.1 Å². The maximum Gasteiger partial charge on any atom is 0.416 e. The fraction of sp³-hybridized carbons (Fsp3) is 0.333. The number of carbonyl (C=O) groups is 2. The third kappa shape index (κ3) is 6.03. The zero-order valence-corrected chi connectivity index (χ0v) is 17.0. The molecular weight excluding hydrogens is 417 g/mol. The summed E-state index contributed by atoms with van der Waals surface area (Å²) < 4.78 is 43.6. The predicted molar refractivity (Wildman–Crippen MR) is 107 cm³/mol. The first kappa shape index (κ1) is 23.8. The van der Waals surface area contributed by atoms with Crippen LogP contribution in [0.2, 0.25) is 0 Å². The fourth-order valence-electron chi connectivity index (χ4n) is 2.74. The molecule has 0 heterocycles. The molecule has 31 heavy (non-hydrogen) atoms. The van der Waals surface area contributed by atoms with Gasteiger partial charge in [-0.2, -0.15) is 13.2 Å². The number of halogens is 3. The van der Waals surface area contributed by atoms with Gasteiger partial charge >= 0.3 is 12.1 Å². The van der Waals surface area contributed by atoms with E-state index >= 15 is 0 Å². The molecule has 7 nitrogen and oxygen atoms in total. The molecule has 0 saturated carbocycles. The van der Waals surface area contributed by atoms with Gasteiger partial charge in [0.05, 0.1) is 10.5 Å². The zero-order valence-electron chi connectivity index (χ0n) is 17.0. The number of hydrogen-bond acceptors (Lipinski definition) is 6. The van der Waals surface area contributed by atoms with Gasteiger partial charge in [0.15, 0.2) is 6.10 Å². The number of carbonyl (C=O) groups excluding carboxylic acids is 2. The maximum absolute atomic E-state index is 12.8. The Balaban J connectivity index is 2.09. The van der Waals surface area contributed by atoms with Gasteiger partial charge in [-0.1, -0.05) is 31.2 Å². The number of nitrogens with one attached hydrogen (secondary N) is 1. The molecule has 10 heteroatoms. The summed E-state index contributed by atoms with van der Waals surface area (Å²) in [5, 5.41) is 13.6. The molecule has 0 aliphatic carbocycles. The largest absolute Gasteiger partial charge is 0.453 e. The number of esters is 1. The van der Waals surface area contributed by atoms with Gasteiger partial charge in [-0.15, -0.1) is 0 Å². The van der Waals surface area contributed by atoms with Crippen LogP contribution in [0.1, 0.15) is 42.3 Å². The monoisotopic (exact) mass is 438 g/mol. The van der Waals surface area contributed by atoms with Gasteiger partial charge < -0.3 is 10.1 Å². The first-order valence-electron chi connectivity index (χ1n) is 9.39. The molecule has 166 valence electrons. The van der Waals surface area contributed by atoms with Gasteiger partial charge in [0.25, 0.3) is 5.69 Å². The topological polar surface area (TPSA) is 98.5 Å². The van der Waals surface area contributed by atoms with Crippen LogP contribution in [-0.4, -0.2) is 28.8 Å². The van der Waals surface area contributed by atoms with E-state index in [2.05, 4.69) is 5.32 Å². The number of hydrogen-bond donors (Lipinski definition) is 1. The van der Waals surface area contributed by atoms with Crippen molar-refractivity contribution in [3.05, 3.63) is 69.3 Å². The van der Waals surface area contributed by atoms with E-state index in [1.807, 2.05) is 6.92 Å². The molecule has 0 amide bonds. The molecule has 2 rings (SSSR count). The van der Waals surface area contributed by atoms with E-state index in [0.29, 0.717) is 17.7 Å². The fourth-order valence-corrected chi connectivity index (χ4v) is 2.74. The highest BCUT2D eigenvalue weighted by Gasteiger charge is 2.33. The average Bonchev–Trinajstić information content (AvgIpc) is 2.72. The Kier molecular flexibility index (Phi) is 7.37. The van der Waals surface area contributed by atoms with Gasteiger partial charge in [-0.05, 0) is 38.0 Å². The van der Waals surface area contributed by atoms with Crippen molar-refractivity contribution in [3.8, 4) is 0 Å². The van der Waals surface area contributed by atoms with Crippen molar-refractivity contribution in [3.63, 3.8) is 0 Å². The van der Waals surface area contributed by atoms with E-state index < -0.39 is 46.2 Å². The summed E-state index contributed by atoms with van der Waals surface area (Å²) in [6, 6.07) is 7.58. The molecule has 0 spiro atoms. The molecular formula is C21H21F3N2O5. The smallest absolute Gasteiger partial charge is 0.416 e. The minimum Gasteiger partial charge on any atom is -0.453 e. The first-order valence-corrected chi connectivity index (χ1v) is 9.39. The Morgan fingerprint density at radius 3 is 2.26 bits per heavy atom. The Labute approximate surface area is 176 Å². The molecule has 2 atom stereocenters. The van der Waals surface area contributed by atoms with Crippen LogP contribution in [0.4, 0.5) is 24.5 Å². The summed E-state index contributed by atoms with van der Waals surface area (Å²) in [5.74, 6) is -1.32. The van der Waals surface area contributed by atoms with Crippen molar-refractivity contribution >= 4 is 23.1 Å². The lowest BCUT2D eigenvalue weighted by molar-refractivity contribution is -0.384. The summed E-state index contributed by atoms with van der Waals surface area (Å²) >= 11 is 0. The number of Topliss-reactive ketones (excluding diaryl/α,β-unsaturated/α-hetero) is 1. The third-order valence-corrected chi connectivity index (χ3v) is 4.56. The van der Waals surface area contributed by atoms with E-state index in [1.165, 1.54) is 13.8 Å². The molecule has 2 aromatic rings. The Morgan fingerprint density at radius 2 is 1.74 bits per heavy atom. The highest BCUT2D eigenvalue weighted by molar-refractivity contribution is 6.00. The number of nitro benzene ring substituents is 1. The van der Waals surface area contributed by atoms with Gasteiger partial charge in [0.2, 0.25) is 5.78 Å². The van der Waals surface area contributed by atoms with Gasteiger partial charge in [0, 0.05) is 11.6 Å². The van der Waals surface area contributed by atoms with Crippen molar-refractivity contribution in [1.82, 2.24) is 0 Å². The second-order valence-electron chi connectivity index (χ2n) is 6.85. The van der Waals surface area contributed by atoms with Crippen LogP contribution >= 0.6 is 0 Å². The third-order valence-electron chi connectivity index (χ3n) is 4.56. The lowest BCUT2D eigenvalue weighted by atomic mass is 10.0. The normalized spacial score (nSPS) is 13.2. The van der Waals surface area contributed by atoms with Crippen molar-refractivity contribution in [1.29, 1.82) is 0 Å².